The summed E-state index contributed by atoms with van der Waals surface area (Å²) in [7, 11) is 0. The molecular formula is C20H25ClOS2. The molecule has 0 bridgehead atoms. The predicted molar refractivity (Wildman–Crippen MR) is 110 cm³/mol. The molecule has 2 aromatic rings. The van der Waals surface area contributed by atoms with E-state index in [9.17, 15) is 0 Å². The topological polar surface area (TPSA) is 9.23 Å². The largest absolute Gasteiger partial charge is 0.494 e. The average molecular weight is 381 g/mol. The highest BCUT2D eigenvalue weighted by molar-refractivity contribution is 7.99. The van der Waals surface area contributed by atoms with Crippen LogP contribution in [0, 0.1) is 6.92 Å². The van der Waals surface area contributed by atoms with Gasteiger partial charge in [-0.05, 0) is 66.7 Å². The van der Waals surface area contributed by atoms with Gasteiger partial charge in [-0.2, -0.15) is 11.8 Å². The van der Waals surface area contributed by atoms with E-state index in [0.29, 0.717) is 0 Å². The fourth-order valence-electron chi connectivity index (χ4n) is 2.16. The van der Waals surface area contributed by atoms with E-state index in [1.807, 2.05) is 35.7 Å². The molecule has 0 radical (unpaired) electrons. The molecule has 24 heavy (non-hydrogen) atoms. The van der Waals surface area contributed by atoms with Gasteiger partial charge in [0.05, 0.1) is 6.61 Å². The molecule has 0 aliphatic carbocycles. The summed E-state index contributed by atoms with van der Waals surface area (Å²) in [5, 5.41) is 0.798. The maximum Gasteiger partial charge on any atom is 0.120 e. The van der Waals surface area contributed by atoms with Crippen LogP contribution in [0.4, 0.5) is 0 Å². The summed E-state index contributed by atoms with van der Waals surface area (Å²) in [5.41, 5.74) is 2.65. The van der Waals surface area contributed by atoms with Crippen molar-refractivity contribution in [3.05, 3.63) is 58.6 Å². The van der Waals surface area contributed by atoms with Crippen molar-refractivity contribution in [1.29, 1.82) is 0 Å². The zero-order chi connectivity index (χ0) is 17.2. The minimum atomic E-state index is 0.772. The third-order valence-corrected chi connectivity index (χ3v) is 6.24. The monoisotopic (exact) mass is 380 g/mol. The minimum absolute atomic E-state index is 0.772. The highest BCUT2D eigenvalue weighted by Crippen LogP contribution is 2.27. The first-order valence-electron chi connectivity index (χ1n) is 8.37. The molecule has 0 saturated carbocycles. The Morgan fingerprint density at radius 3 is 2.58 bits per heavy atom. The van der Waals surface area contributed by atoms with Crippen molar-refractivity contribution in [3.63, 3.8) is 0 Å². The van der Waals surface area contributed by atoms with Crippen LogP contribution in [-0.4, -0.2) is 18.1 Å². The Bertz CT molecular complexity index is 614. The molecule has 2 rings (SSSR count). The Hall–Kier alpha value is -0.770. The summed E-state index contributed by atoms with van der Waals surface area (Å²) in [6, 6.07) is 14.5. The molecule has 0 aliphatic rings. The van der Waals surface area contributed by atoms with Crippen molar-refractivity contribution in [3.8, 4) is 5.75 Å². The molecule has 1 nitrogen and oxygen atoms in total. The summed E-state index contributed by atoms with van der Waals surface area (Å²) in [4.78, 5) is 1.34. The van der Waals surface area contributed by atoms with Crippen LogP contribution in [0.1, 0.15) is 30.9 Å². The van der Waals surface area contributed by atoms with Gasteiger partial charge in [-0.1, -0.05) is 36.7 Å². The molecule has 0 amide bonds. The van der Waals surface area contributed by atoms with Crippen LogP contribution in [0.5, 0.6) is 5.75 Å². The molecule has 4 heteroatoms. The molecule has 0 atom stereocenters. The SMILES string of the molecule is CCCSc1cc(OCCCSCc2ccc(Cl)cc2)ccc1C. The van der Waals surface area contributed by atoms with Crippen LogP contribution in [-0.2, 0) is 5.75 Å². The van der Waals surface area contributed by atoms with Crippen molar-refractivity contribution in [2.45, 2.75) is 37.3 Å². The molecule has 0 unspecified atom stereocenters. The second kappa shape index (κ2) is 11.0. The quantitative estimate of drug-likeness (QED) is 0.329. The first-order chi connectivity index (χ1) is 11.7. The van der Waals surface area contributed by atoms with Gasteiger partial charge in [-0.25, -0.2) is 0 Å². The van der Waals surface area contributed by atoms with Crippen molar-refractivity contribution < 1.29 is 4.74 Å². The van der Waals surface area contributed by atoms with Crippen molar-refractivity contribution in [2.24, 2.45) is 0 Å². The van der Waals surface area contributed by atoms with Crippen LogP contribution in [0.3, 0.4) is 0 Å². The van der Waals surface area contributed by atoms with E-state index >= 15 is 0 Å². The van der Waals surface area contributed by atoms with E-state index in [4.69, 9.17) is 16.3 Å². The van der Waals surface area contributed by atoms with E-state index < -0.39 is 0 Å². The minimum Gasteiger partial charge on any atom is -0.494 e. The van der Waals surface area contributed by atoms with Crippen molar-refractivity contribution in [1.82, 2.24) is 0 Å². The average Bonchev–Trinajstić information content (AvgIpc) is 2.59. The Morgan fingerprint density at radius 2 is 1.83 bits per heavy atom. The molecule has 0 aromatic heterocycles. The van der Waals surface area contributed by atoms with Gasteiger partial charge in [0.2, 0.25) is 0 Å². The van der Waals surface area contributed by atoms with Crippen LogP contribution < -0.4 is 4.74 Å². The van der Waals surface area contributed by atoms with E-state index in [-0.39, 0.29) is 0 Å². The summed E-state index contributed by atoms with van der Waals surface area (Å²) in [5.74, 6) is 4.28. The number of rotatable bonds is 10. The standard InChI is InChI=1S/C20H25ClOS2/c1-3-12-24-20-14-19(10-5-16(20)2)22-11-4-13-23-15-17-6-8-18(21)9-7-17/h5-10,14H,3-4,11-13,15H2,1-2H3. The van der Waals surface area contributed by atoms with Crippen LogP contribution in [0.15, 0.2) is 47.4 Å². The van der Waals surface area contributed by atoms with Gasteiger partial charge in [0.1, 0.15) is 5.75 Å². The molecule has 0 aliphatic heterocycles. The number of hydrogen-bond acceptors (Lipinski definition) is 3. The maximum atomic E-state index is 5.91. The van der Waals surface area contributed by atoms with E-state index in [2.05, 4.69) is 44.2 Å². The Labute approximate surface area is 159 Å². The van der Waals surface area contributed by atoms with Gasteiger partial charge >= 0.3 is 0 Å². The van der Waals surface area contributed by atoms with Gasteiger partial charge in [0.15, 0.2) is 0 Å². The molecule has 2 aromatic carbocycles. The van der Waals surface area contributed by atoms with Gasteiger partial charge < -0.3 is 4.74 Å². The second-order valence-electron chi connectivity index (χ2n) is 5.66. The fraction of sp³-hybridized carbons (Fsp3) is 0.400. The van der Waals surface area contributed by atoms with Crippen LogP contribution in [0.25, 0.3) is 0 Å². The first-order valence-corrected chi connectivity index (χ1v) is 10.9. The van der Waals surface area contributed by atoms with E-state index in [0.717, 1.165) is 41.1 Å². The summed E-state index contributed by atoms with van der Waals surface area (Å²) >= 11 is 9.75. The Balaban J connectivity index is 1.66. The molecule has 0 spiro atoms. The lowest BCUT2D eigenvalue weighted by Gasteiger charge is -2.10. The number of benzene rings is 2. The number of thioether (sulfide) groups is 2. The van der Waals surface area contributed by atoms with E-state index in [1.165, 1.54) is 22.4 Å². The summed E-state index contributed by atoms with van der Waals surface area (Å²) in [6.45, 7) is 5.15. The summed E-state index contributed by atoms with van der Waals surface area (Å²) < 4.78 is 5.91. The summed E-state index contributed by atoms with van der Waals surface area (Å²) in [6.07, 6.45) is 2.25. The molecule has 0 saturated heterocycles. The Morgan fingerprint density at radius 1 is 1.04 bits per heavy atom. The normalized spacial score (nSPS) is 10.8. The van der Waals surface area contributed by atoms with E-state index in [1.54, 1.807) is 0 Å². The lowest BCUT2D eigenvalue weighted by Crippen LogP contribution is -1.99. The van der Waals surface area contributed by atoms with Crippen LogP contribution in [0.2, 0.25) is 5.02 Å². The van der Waals surface area contributed by atoms with Gasteiger partial charge in [0, 0.05) is 15.7 Å². The van der Waals surface area contributed by atoms with Gasteiger partial charge in [0.25, 0.3) is 0 Å². The Kier molecular flexibility index (Phi) is 8.93. The molecular weight excluding hydrogens is 356 g/mol. The first kappa shape index (κ1) is 19.6. The van der Waals surface area contributed by atoms with Gasteiger partial charge in [-0.15, -0.1) is 11.8 Å². The highest BCUT2D eigenvalue weighted by Gasteiger charge is 2.02. The number of halogens is 1. The van der Waals surface area contributed by atoms with Crippen LogP contribution >= 0.6 is 35.1 Å². The molecule has 0 heterocycles. The zero-order valence-electron chi connectivity index (χ0n) is 14.4. The molecule has 0 fully saturated rings. The zero-order valence-corrected chi connectivity index (χ0v) is 16.8. The number of aryl methyl sites for hydroxylation is 1. The molecule has 130 valence electrons. The predicted octanol–water partition coefficient (Wildman–Crippen LogP) is 6.85. The number of hydrogen-bond donors (Lipinski definition) is 0. The highest BCUT2D eigenvalue weighted by atomic mass is 35.5. The lowest BCUT2D eigenvalue weighted by atomic mass is 10.2. The number of ether oxygens (including phenoxy) is 1. The van der Waals surface area contributed by atoms with Gasteiger partial charge in [-0.3, -0.25) is 0 Å². The second-order valence-corrected chi connectivity index (χ2v) is 8.34. The third-order valence-electron chi connectivity index (χ3n) is 3.51. The van der Waals surface area contributed by atoms with Crippen molar-refractivity contribution in [2.75, 3.05) is 18.1 Å². The maximum absolute atomic E-state index is 5.91. The third kappa shape index (κ3) is 7.00. The van der Waals surface area contributed by atoms with Crippen molar-refractivity contribution >= 4 is 35.1 Å². The lowest BCUT2D eigenvalue weighted by molar-refractivity contribution is 0.318. The molecule has 0 N–H and O–H groups in total. The smallest absolute Gasteiger partial charge is 0.120 e. The fourth-order valence-corrected chi connectivity index (χ4v) is 4.10.